The highest BCUT2D eigenvalue weighted by Crippen LogP contribution is 2.35. The summed E-state index contributed by atoms with van der Waals surface area (Å²) in [6.07, 6.45) is 0.664. The van der Waals surface area contributed by atoms with Crippen molar-refractivity contribution < 1.29 is 4.79 Å². The van der Waals surface area contributed by atoms with Crippen molar-refractivity contribution in [1.29, 1.82) is 0 Å². The monoisotopic (exact) mass is 495 g/mol. The maximum Gasteiger partial charge on any atom is 0.267 e. The Morgan fingerprint density at radius 3 is 2.73 bits per heavy atom. The molecule has 0 radical (unpaired) electrons. The third-order valence-corrected chi connectivity index (χ3v) is 8.44. The summed E-state index contributed by atoms with van der Waals surface area (Å²) in [5.74, 6) is 0.749. The fraction of sp³-hybridized carbons (Fsp3) is 0.240. The molecule has 33 heavy (non-hydrogen) atoms. The minimum atomic E-state index is -0.0794. The third-order valence-electron chi connectivity index (χ3n) is 5.91. The van der Waals surface area contributed by atoms with Gasteiger partial charge in [0.2, 0.25) is 5.91 Å². The maximum atomic E-state index is 13.9. The van der Waals surface area contributed by atoms with Crippen molar-refractivity contribution in [2.45, 2.75) is 37.7 Å². The molecule has 2 aromatic carbocycles. The SMILES string of the molecule is CC(=O)N1CCc2c(sc3nc(SCc4ccccc4)n(-c4ccc(C)c(Cl)c4)c(=O)c23)C1. The minimum absolute atomic E-state index is 0.0527. The molecule has 0 N–H and O–H groups in total. The van der Waals surface area contributed by atoms with Crippen LogP contribution >= 0.6 is 34.7 Å². The van der Waals surface area contributed by atoms with Crippen LogP contribution in [0.3, 0.4) is 0 Å². The van der Waals surface area contributed by atoms with Gasteiger partial charge in [-0.3, -0.25) is 14.2 Å². The summed E-state index contributed by atoms with van der Waals surface area (Å²) in [5, 5.41) is 1.92. The molecule has 0 saturated heterocycles. The van der Waals surface area contributed by atoms with E-state index in [2.05, 4.69) is 12.1 Å². The van der Waals surface area contributed by atoms with Gasteiger partial charge in [-0.15, -0.1) is 11.3 Å². The molecule has 0 atom stereocenters. The Morgan fingerprint density at radius 2 is 2.00 bits per heavy atom. The van der Waals surface area contributed by atoms with E-state index in [9.17, 15) is 9.59 Å². The number of benzene rings is 2. The average molecular weight is 496 g/mol. The molecule has 5 rings (SSSR count). The smallest absolute Gasteiger partial charge is 0.267 e. The first-order chi connectivity index (χ1) is 15.9. The summed E-state index contributed by atoms with van der Waals surface area (Å²) in [5.41, 5.74) is 3.77. The topological polar surface area (TPSA) is 55.2 Å². The number of aryl methyl sites for hydroxylation is 1. The van der Waals surface area contributed by atoms with Crippen LogP contribution in [0.1, 0.15) is 28.5 Å². The third kappa shape index (κ3) is 4.21. The van der Waals surface area contributed by atoms with Crippen LogP contribution in [-0.4, -0.2) is 26.9 Å². The fourth-order valence-electron chi connectivity index (χ4n) is 4.06. The number of halogens is 1. The van der Waals surface area contributed by atoms with Crippen LogP contribution in [-0.2, 0) is 23.5 Å². The minimum Gasteiger partial charge on any atom is -0.337 e. The maximum absolute atomic E-state index is 13.9. The number of hydrogen-bond acceptors (Lipinski definition) is 5. The van der Waals surface area contributed by atoms with E-state index < -0.39 is 0 Å². The molecular weight excluding hydrogens is 474 g/mol. The van der Waals surface area contributed by atoms with Gasteiger partial charge < -0.3 is 4.90 Å². The number of rotatable bonds is 4. The molecule has 0 fully saturated rings. The second-order valence-electron chi connectivity index (χ2n) is 8.12. The number of thiophene rings is 1. The van der Waals surface area contributed by atoms with Gasteiger partial charge in [-0.1, -0.05) is 59.8 Å². The van der Waals surface area contributed by atoms with E-state index in [-0.39, 0.29) is 11.5 Å². The van der Waals surface area contributed by atoms with Gasteiger partial charge >= 0.3 is 0 Å². The van der Waals surface area contributed by atoms with Gasteiger partial charge in [0.05, 0.1) is 17.6 Å². The van der Waals surface area contributed by atoms with Crippen LogP contribution in [0.5, 0.6) is 0 Å². The van der Waals surface area contributed by atoms with Crippen molar-refractivity contribution in [2.24, 2.45) is 0 Å². The lowest BCUT2D eigenvalue weighted by atomic mass is 10.1. The first-order valence-corrected chi connectivity index (χ1v) is 12.9. The van der Waals surface area contributed by atoms with E-state index in [4.69, 9.17) is 16.6 Å². The summed E-state index contributed by atoms with van der Waals surface area (Å²) < 4.78 is 1.69. The van der Waals surface area contributed by atoms with E-state index >= 15 is 0 Å². The summed E-state index contributed by atoms with van der Waals surface area (Å²) in [6.45, 7) is 4.68. The highest BCUT2D eigenvalue weighted by atomic mass is 35.5. The lowest BCUT2D eigenvalue weighted by Crippen LogP contribution is -2.34. The molecule has 8 heteroatoms. The van der Waals surface area contributed by atoms with Crippen LogP contribution in [0.4, 0.5) is 0 Å². The number of fused-ring (bicyclic) bond motifs is 3. The van der Waals surface area contributed by atoms with E-state index in [0.717, 1.165) is 26.4 Å². The lowest BCUT2D eigenvalue weighted by molar-refractivity contribution is -0.129. The zero-order valence-electron chi connectivity index (χ0n) is 18.3. The number of amides is 1. The Kier molecular flexibility index (Phi) is 6.03. The molecule has 0 spiro atoms. The Morgan fingerprint density at radius 1 is 1.21 bits per heavy atom. The summed E-state index contributed by atoms with van der Waals surface area (Å²) >= 11 is 9.48. The van der Waals surface area contributed by atoms with Crippen molar-refractivity contribution in [3.8, 4) is 5.69 Å². The molecule has 1 aliphatic heterocycles. The molecule has 0 unspecified atom stereocenters. The van der Waals surface area contributed by atoms with Gasteiger partial charge in [-0.25, -0.2) is 4.98 Å². The Labute approximate surface area is 205 Å². The van der Waals surface area contributed by atoms with Crippen LogP contribution in [0.2, 0.25) is 5.02 Å². The molecule has 0 bridgehead atoms. The standard InChI is InChI=1S/C25H22ClN3O2S2/c1-15-8-9-18(12-20(15)26)29-24(31)22-19-10-11-28(16(2)30)13-21(19)33-23(22)27-25(29)32-14-17-6-4-3-5-7-17/h3-9,12H,10-11,13-14H2,1-2H3. The highest BCUT2D eigenvalue weighted by Gasteiger charge is 2.26. The summed E-state index contributed by atoms with van der Waals surface area (Å²) in [7, 11) is 0. The van der Waals surface area contributed by atoms with E-state index in [1.807, 2.05) is 48.2 Å². The number of hydrogen-bond donors (Lipinski definition) is 0. The molecular formula is C25H22ClN3O2S2. The lowest BCUT2D eigenvalue weighted by Gasteiger charge is -2.25. The second kappa shape index (κ2) is 8.97. The van der Waals surface area contributed by atoms with Gasteiger partial charge in [0.1, 0.15) is 4.83 Å². The van der Waals surface area contributed by atoms with E-state index in [0.29, 0.717) is 46.5 Å². The first kappa shape index (κ1) is 22.2. The number of carbonyl (C=O) groups excluding carboxylic acids is 1. The van der Waals surface area contributed by atoms with Crippen molar-refractivity contribution in [2.75, 3.05) is 6.54 Å². The molecule has 2 aromatic heterocycles. The first-order valence-electron chi connectivity index (χ1n) is 10.7. The quantitative estimate of drug-likeness (QED) is 0.273. The second-order valence-corrected chi connectivity index (χ2v) is 10.6. The average Bonchev–Trinajstić information content (AvgIpc) is 3.18. The summed E-state index contributed by atoms with van der Waals surface area (Å²) in [6, 6.07) is 15.8. The number of aromatic nitrogens is 2. The van der Waals surface area contributed by atoms with Crippen LogP contribution < -0.4 is 5.56 Å². The predicted molar refractivity (Wildman–Crippen MR) is 136 cm³/mol. The number of thioether (sulfide) groups is 1. The number of carbonyl (C=O) groups is 1. The van der Waals surface area contributed by atoms with Gasteiger partial charge in [0.15, 0.2) is 5.16 Å². The van der Waals surface area contributed by atoms with Crippen LogP contribution in [0.25, 0.3) is 15.9 Å². The normalized spacial score (nSPS) is 13.4. The largest absolute Gasteiger partial charge is 0.337 e. The Bertz CT molecular complexity index is 1430. The van der Waals surface area contributed by atoms with Crippen molar-refractivity contribution in [3.63, 3.8) is 0 Å². The highest BCUT2D eigenvalue weighted by molar-refractivity contribution is 7.98. The van der Waals surface area contributed by atoms with Crippen molar-refractivity contribution in [3.05, 3.63) is 85.5 Å². The number of nitrogens with zero attached hydrogens (tertiary/aromatic N) is 3. The van der Waals surface area contributed by atoms with E-state index in [1.165, 1.54) is 23.1 Å². The van der Waals surface area contributed by atoms with Gasteiger partial charge in [0, 0.05) is 29.1 Å². The van der Waals surface area contributed by atoms with Crippen molar-refractivity contribution >= 4 is 50.8 Å². The van der Waals surface area contributed by atoms with Crippen molar-refractivity contribution in [1.82, 2.24) is 14.5 Å². The van der Waals surface area contributed by atoms with Crippen LogP contribution in [0, 0.1) is 6.92 Å². The molecule has 4 aromatic rings. The Hall–Kier alpha value is -2.61. The molecule has 5 nitrogen and oxygen atoms in total. The zero-order valence-corrected chi connectivity index (χ0v) is 20.7. The summed E-state index contributed by atoms with van der Waals surface area (Å²) in [4.78, 5) is 34.4. The fourth-order valence-corrected chi connectivity index (χ4v) is 6.48. The molecule has 1 aliphatic rings. The van der Waals surface area contributed by atoms with Gasteiger partial charge in [-0.05, 0) is 42.2 Å². The molecule has 168 valence electrons. The molecule has 3 heterocycles. The van der Waals surface area contributed by atoms with E-state index in [1.54, 1.807) is 11.5 Å². The zero-order chi connectivity index (χ0) is 23.1. The molecule has 0 aliphatic carbocycles. The van der Waals surface area contributed by atoms with Gasteiger partial charge in [-0.2, -0.15) is 0 Å². The molecule has 0 saturated carbocycles. The Balaban J connectivity index is 1.67. The molecule has 1 amide bonds. The van der Waals surface area contributed by atoms with Gasteiger partial charge in [0.25, 0.3) is 5.56 Å². The predicted octanol–water partition coefficient (Wildman–Crippen LogP) is 5.61. The van der Waals surface area contributed by atoms with Crippen LogP contribution in [0.15, 0.2) is 58.5 Å².